The lowest BCUT2D eigenvalue weighted by Crippen LogP contribution is -1.96. The Kier molecular flexibility index (Phi) is 4.35. The second kappa shape index (κ2) is 6.81. The second-order valence-corrected chi connectivity index (χ2v) is 6.42. The summed E-state index contributed by atoms with van der Waals surface area (Å²) in [6, 6.07) is 17.8. The molecule has 4 nitrogen and oxygen atoms in total. The zero-order chi connectivity index (χ0) is 18.1. The van der Waals surface area contributed by atoms with E-state index >= 15 is 0 Å². The number of nitrogens with zero attached hydrogens (tertiary/aromatic N) is 3. The minimum absolute atomic E-state index is 0.704. The summed E-state index contributed by atoms with van der Waals surface area (Å²) >= 11 is 6.20. The van der Waals surface area contributed by atoms with Gasteiger partial charge in [0, 0.05) is 22.3 Å². The Morgan fingerprint density at radius 3 is 2.54 bits per heavy atom. The van der Waals surface area contributed by atoms with Crippen LogP contribution in [0.1, 0.15) is 12.6 Å². The van der Waals surface area contributed by atoms with Crippen molar-refractivity contribution in [2.45, 2.75) is 13.3 Å². The maximum atomic E-state index is 6.20. The molecule has 0 aliphatic heterocycles. The lowest BCUT2D eigenvalue weighted by molar-refractivity contribution is 0.415. The van der Waals surface area contributed by atoms with Crippen molar-refractivity contribution in [1.82, 2.24) is 14.6 Å². The van der Waals surface area contributed by atoms with Gasteiger partial charge < -0.3 is 4.74 Å². The predicted molar refractivity (Wildman–Crippen MR) is 105 cm³/mol. The van der Waals surface area contributed by atoms with E-state index in [0.29, 0.717) is 5.02 Å². The first-order valence-corrected chi connectivity index (χ1v) is 8.86. The first-order valence-electron chi connectivity index (χ1n) is 8.48. The van der Waals surface area contributed by atoms with Crippen LogP contribution in [0, 0.1) is 0 Å². The molecular formula is C21H18ClN3O. The summed E-state index contributed by atoms with van der Waals surface area (Å²) in [6.45, 7) is 2.10. The first kappa shape index (κ1) is 16.6. The van der Waals surface area contributed by atoms with E-state index in [-0.39, 0.29) is 0 Å². The van der Waals surface area contributed by atoms with Crippen LogP contribution in [0.3, 0.4) is 0 Å². The van der Waals surface area contributed by atoms with Crippen LogP contribution in [-0.2, 0) is 6.42 Å². The number of aryl methyl sites for hydroxylation is 1. The fraction of sp³-hybridized carbons (Fsp3) is 0.143. The first-order chi connectivity index (χ1) is 12.7. The molecule has 26 heavy (non-hydrogen) atoms. The van der Waals surface area contributed by atoms with Crippen molar-refractivity contribution in [3.63, 3.8) is 0 Å². The van der Waals surface area contributed by atoms with Crippen LogP contribution >= 0.6 is 11.6 Å². The fourth-order valence-corrected chi connectivity index (χ4v) is 3.35. The molecule has 130 valence electrons. The van der Waals surface area contributed by atoms with Crippen LogP contribution < -0.4 is 4.74 Å². The molecule has 4 rings (SSSR count). The second-order valence-electron chi connectivity index (χ2n) is 5.98. The van der Waals surface area contributed by atoms with Crippen LogP contribution in [0.25, 0.3) is 28.0 Å². The molecule has 0 radical (unpaired) electrons. The molecular weight excluding hydrogens is 346 g/mol. The molecule has 2 heterocycles. The lowest BCUT2D eigenvalue weighted by atomic mass is 10.0. The summed E-state index contributed by atoms with van der Waals surface area (Å²) in [4.78, 5) is 4.61. The molecule has 0 saturated carbocycles. The average molecular weight is 364 g/mol. The van der Waals surface area contributed by atoms with E-state index in [4.69, 9.17) is 21.4 Å². The molecule has 0 fully saturated rings. The summed E-state index contributed by atoms with van der Waals surface area (Å²) in [5.74, 6) is 0.827. The standard InChI is InChI=1S/C21H18ClN3O/c1-3-18-20(15-5-4-6-16(22)13-15)21-23-12-11-19(25(21)24-18)14-7-9-17(26-2)10-8-14/h4-13H,3H2,1-2H3. The molecule has 5 heteroatoms. The SMILES string of the molecule is CCc1nn2c(-c3ccc(OC)cc3)ccnc2c1-c1cccc(Cl)c1. The lowest BCUT2D eigenvalue weighted by Gasteiger charge is -2.06. The van der Waals surface area contributed by atoms with Crippen LogP contribution in [0.4, 0.5) is 0 Å². The number of methoxy groups -OCH3 is 1. The molecule has 0 saturated heterocycles. The molecule has 0 N–H and O–H groups in total. The van der Waals surface area contributed by atoms with E-state index in [0.717, 1.165) is 45.9 Å². The highest BCUT2D eigenvalue weighted by atomic mass is 35.5. The molecule has 2 aromatic carbocycles. The monoisotopic (exact) mass is 363 g/mol. The van der Waals surface area contributed by atoms with Gasteiger partial charge in [-0.3, -0.25) is 0 Å². The van der Waals surface area contributed by atoms with Crippen molar-refractivity contribution in [2.24, 2.45) is 0 Å². The van der Waals surface area contributed by atoms with Crippen molar-refractivity contribution < 1.29 is 4.74 Å². The Labute approximate surface area is 157 Å². The number of rotatable bonds is 4. The van der Waals surface area contributed by atoms with Crippen molar-refractivity contribution in [2.75, 3.05) is 7.11 Å². The van der Waals surface area contributed by atoms with Gasteiger partial charge >= 0.3 is 0 Å². The van der Waals surface area contributed by atoms with Crippen molar-refractivity contribution in [3.8, 4) is 28.1 Å². The Hall–Kier alpha value is -2.85. The van der Waals surface area contributed by atoms with Gasteiger partial charge in [-0.15, -0.1) is 0 Å². The smallest absolute Gasteiger partial charge is 0.163 e. The quantitative estimate of drug-likeness (QED) is 0.494. The maximum Gasteiger partial charge on any atom is 0.163 e. The minimum atomic E-state index is 0.704. The Balaban J connectivity index is 1.95. The van der Waals surface area contributed by atoms with Crippen LogP contribution in [0.5, 0.6) is 5.75 Å². The molecule has 0 amide bonds. The number of ether oxygens (including phenoxy) is 1. The molecule has 0 atom stereocenters. The van der Waals surface area contributed by atoms with Gasteiger partial charge in [-0.1, -0.05) is 30.7 Å². The minimum Gasteiger partial charge on any atom is -0.497 e. The summed E-state index contributed by atoms with van der Waals surface area (Å²) in [5, 5.41) is 5.54. The van der Waals surface area contributed by atoms with Crippen molar-refractivity contribution >= 4 is 17.2 Å². The van der Waals surface area contributed by atoms with Gasteiger partial charge in [0.1, 0.15) is 5.75 Å². The predicted octanol–water partition coefficient (Wildman–Crippen LogP) is 5.29. The van der Waals surface area contributed by atoms with E-state index in [2.05, 4.69) is 11.9 Å². The van der Waals surface area contributed by atoms with Gasteiger partial charge in [0.15, 0.2) is 5.65 Å². The number of aromatic nitrogens is 3. The van der Waals surface area contributed by atoms with Gasteiger partial charge in [-0.05, 0) is 54.4 Å². The normalized spacial score (nSPS) is 11.0. The highest BCUT2D eigenvalue weighted by Gasteiger charge is 2.17. The topological polar surface area (TPSA) is 39.4 Å². The third-order valence-electron chi connectivity index (χ3n) is 4.42. The summed E-state index contributed by atoms with van der Waals surface area (Å²) in [5.41, 5.74) is 5.94. The third kappa shape index (κ3) is 2.82. The van der Waals surface area contributed by atoms with E-state index in [1.807, 2.05) is 65.3 Å². The van der Waals surface area contributed by atoms with Crippen LogP contribution in [-0.4, -0.2) is 21.7 Å². The van der Waals surface area contributed by atoms with E-state index in [1.165, 1.54) is 0 Å². The highest BCUT2D eigenvalue weighted by molar-refractivity contribution is 6.30. The zero-order valence-electron chi connectivity index (χ0n) is 14.6. The molecule has 0 unspecified atom stereocenters. The molecule has 0 aliphatic rings. The number of hydrogen-bond acceptors (Lipinski definition) is 3. The van der Waals surface area contributed by atoms with Crippen molar-refractivity contribution in [3.05, 3.63) is 71.5 Å². The van der Waals surface area contributed by atoms with Crippen LogP contribution in [0.2, 0.25) is 5.02 Å². The van der Waals surface area contributed by atoms with Crippen LogP contribution in [0.15, 0.2) is 60.8 Å². The summed E-state index contributed by atoms with van der Waals surface area (Å²) < 4.78 is 7.17. The Bertz CT molecular complexity index is 1070. The number of fused-ring (bicyclic) bond motifs is 1. The molecule has 0 aliphatic carbocycles. The number of halogens is 1. The van der Waals surface area contributed by atoms with Gasteiger partial charge in [0.25, 0.3) is 0 Å². The fourth-order valence-electron chi connectivity index (χ4n) is 3.16. The highest BCUT2D eigenvalue weighted by Crippen LogP contribution is 2.32. The largest absolute Gasteiger partial charge is 0.497 e. The molecule has 4 aromatic rings. The number of benzene rings is 2. The molecule has 0 bridgehead atoms. The van der Waals surface area contributed by atoms with Gasteiger partial charge in [-0.2, -0.15) is 5.10 Å². The van der Waals surface area contributed by atoms with E-state index < -0.39 is 0 Å². The zero-order valence-corrected chi connectivity index (χ0v) is 15.4. The van der Waals surface area contributed by atoms with Gasteiger partial charge in [-0.25, -0.2) is 9.50 Å². The molecule has 0 spiro atoms. The Morgan fingerprint density at radius 1 is 1.04 bits per heavy atom. The summed E-state index contributed by atoms with van der Waals surface area (Å²) in [6.07, 6.45) is 2.64. The van der Waals surface area contributed by atoms with E-state index in [9.17, 15) is 0 Å². The summed E-state index contributed by atoms with van der Waals surface area (Å²) in [7, 11) is 1.66. The van der Waals surface area contributed by atoms with Gasteiger partial charge in [0.05, 0.1) is 18.5 Å². The van der Waals surface area contributed by atoms with Gasteiger partial charge in [0.2, 0.25) is 0 Å². The average Bonchev–Trinajstić information content (AvgIpc) is 3.07. The third-order valence-corrected chi connectivity index (χ3v) is 4.66. The Morgan fingerprint density at radius 2 is 1.85 bits per heavy atom. The van der Waals surface area contributed by atoms with Crippen molar-refractivity contribution in [1.29, 1.82) is 0 Å². The maximum absolute atomic E-state index is 6.20. The molecule has 2 aromatic heterocycles. The number of hydrogen-bond donors (Lipinski definition) is 0. The van der Waals surface area contributed by atoms with E-state index in [1.54, 1.807) is 7.11 Å².